The Hall–Kier alpha value is -4.70. The van der Waals surface area contributed by atoms with E-state index in [4.69, 9.17) is 16.6 Å². The summed E-state index contributed by atoms with van der Waals surface area (Å²) in [6, 6.07) is 16.7. The lowest BCUT2D eigenvalue weighted by atomic mass is 10.0. The second-order valence-electron chi connectivity index (χ2n) is 9.98. The summed E-state index contributed by atoms with van der Waals surface area (Å²) >= 11 is 6.02. The Morgan fingerprint density at radius 2 is 1.88 bits per heavy atom. The highest BCUT2D eigenvalue weighted by atomic mass is 35.5. The highest BCUT2D eigenvalue weighted by Crippen LogP contribution is 2.35. The minimum Gasteiger partial charge on any atom is -0.465 e. The number of aryl methyl sites for hydroxylation is 3. The summed E-state index contributed by atoms with van der Waals surface area (Å²) in [5.41, 5.74) is 7.48. The number of amides is 1. The molecule has 0 radical (unpaired) electrons. The third kappa shape index (κ3) is 4.46. The molecule has 0 saturated heterocycles. The van der Waals surface area contributed by atoms with E-state index in [0.717, 1.165) is 68.6 Å². The van der Waals surface area contributed by atoms with Gasteiger partial charge >= 0.3 is 6.09 Å². The number of hydrogen-bond donors (Lipinski definition) is 2. The second-order valence-corrected chi connectivity index (χ2v) is 10.4. The molecule has 2 N–H and O–H groups in total. The molecule has 0 saturated carbocycles. The molecule has 11 heteroatoms. The van der Waals surface area contributed by atoms with Crippen LogP contribution in [-0.2, 0) is 6.42 Å². The first-order valence-electron chi connectivity index (χ1n) is 12.8. The van der Waals surface area contributed by atoms with Crippen LogP contribution in [0, 0.1) is 13.8 Å². The molecular weight excluding hydrogens is 530 g/mol. The van der Waals surface area contributed by atoms with Gasteiger partial charge in [0.05, 0.1) is 29.3 Å². The van der Waals surface area contributed by atoms with Crippen molar-refractivity contribution >= 4 is 23.4 Å². The molecule has 0 aliphatic carbocycles. The van der Waals surface area contributed by atoms with Crippen molar-refractivity contribution in [3.8, 4) is 28.1 Å². The molecule has 0 unspecified atom stereocenters. The fraction of sp³-hybridized carbons (Fsp3) is 0.207. The topological polar surface area (TPSA) is 122 Å². The quantitative estimate of drug-likeness (QED) is 0.299. The van der Waals surface area contributed by atoms with Crippen LogP contribution < -0.4 is 10.5 Å². The van der Waals surface area contributed by atoms with Crippen molar-refractivity contribution in [2.75, 3.05) is 11.9 Å². The van der Waals surface area contributed by atoms with Crippen molar-refractivity contribution in [2.45, 2.75) is 32.7 Å². The second kappa shape index (κ2) is 9.80. The van der Waals surface area contributed by atoms with Gasteiger partial charge in [-0.3, -0.25) is 9.69 Å². The van der Waals surface area contributed by atoms with E-state index in [-0.39, 0.29) is 11.6 Å². The van der Waals surface area contributed by atoms with Gasteiger partial charge in [0.15, 0.2) is 5.15 Å². The van der Waals surface area contributed by atoms with Gasteiger partial charge in [0.25, 0.3) is 5.56 Å². The molecule has 1 amide bonds. The SMILES string of the molecule is Cc1ccc(-n2cc(Cl)nn2)c(-c2cc3n(c(=O)c2)[C@H](c2nc(C)c(-c4ccc(N(C)C(=O)O)cc4)[nH]2)CC3)c1. The fourth-order valence-corrected chi connectivity index (χ4v) is 5.46. The first kappa shape index (κ1) is 25.6. The maximum atomic E-state index is 13.6. The molecule has 3 aromatic heterocycles. The van der Waals surface area contributed by atoms with E-state index < -0.39 is 6.09 Å². The number of fused-ring (bicyclic) bond motifs is 1. The van der Waals surface area contributed by atoms with E-state index in [1.807, 2.05) is 48.7 Å². The molecule has 0 bridgehead atoms. The number of rotatable bonds is 5. The number of imidazole rings is 1. The number of carbonyl (C=O) groups is 1. The molecule has 0 spiro atoms. The first-order chi connectivity index (χ1) is 19.2. The summed E-state index contributed by atoms with van der Waals surface area (Å²) in [5, 5.41) is 17.5. The van der Waals surface area contributed by atoms with Crippen molar-refractivity contribution in [3.05, 3.63) is 99.1 Å². The maximum Gasteiger partial charge on any atom is 0.411 e. The Morgan fingerprint density at radius 1 is 1.10 bits per heavy atom. The fourth-order valence-electron chi connectivity index (χ4n) is 5.34. The van der Waals surface area contributed by atoms with E-state index in [9.17, 15) is 14.7 Å². The standard InChI is InChI=1S/C29H26ClN7O3/c1-16-4-10-23(36-15-25(30)33-34-36)22(12-16)19-13-21-9-11-24(37(21)26(38)14-19)28-31-17(2)27(32-28)18-5-7-20(8-6-18)35(3)29(39)40/h4-8,10,12-15,24H,9,11H2,1-3H3,(H,31,32)(H,39,40)/t24-/m0/s1. The Bertz CT molecular complexity index is 1820. The third-order valence-electron chi connectivity index (χ3n) is 7.36. The molecule has 5 aromatic rings. The molecular formula is C29H26ClN7O3. The first-order valence-corrected chi connectivity index (χ1v) is 13.2. The Morgan fingerprint density at radius 3 is 2.58 bits per heavy atom. The van der Waals surface area contributed by atoms with E-state index in [1.165, 1.54) is 7.05 Å². The average molecular weight is 556 g/mol. The predicted molar refractivity (Wildman–Crippen MR) is 152 cm³/mol. The zero-order valence-electron chi connectivity index (χ0n) is 22.1. The van der Waals surface area contributed by atoms with Gasteiger partial charge < -0.3 is 14.7 Å². The molecule has 202 valence electrons. The molecule has 4 heterocycles. The maximum absolute atomic E-state index is 13.6. The van der Waals surface area contributed by atoms with Crippen LogP contribution in [0.15, 0.2) is 65.6 Å². The minimum atomic E-state index is -1.03. The monoisotopic (exact) mass is 555 g/mol. The van der Waals surface area contributed by atoms with E-state index in [2.05, 4.69) is 21.4 Å². The summed E-state index contributed by atoms with van der Waals surface area (Å²) < 4.78 is 3.43. The molecule has 2 aromatic carbocycles. The molecule has 10 nitrogen and oxygen atoms in total. The molecule has 40 heavy (non-hydrogen) atoms. The zero-order valence-corrected chi connectivity index (χ0v) is 22.8. The number of halogens is 1. The highest BCUT2D eigenvalue weighted by molar-refractivity contribution is 6.29. The van der Waals surface area contributed by atoms with Crippen LogP contribution in [0.25, 0.3) is 28.1 Å². The normalized spacial score (nSPS) is 14.3. The van der Waals surface area contributed by atoms with Gasteiger partial charge in [0.1, 0.15) is 5.82 Å². The van der Waals surface area contributed by atoms with Crippen LogP contribution in [-0.4, -0.2) is 47.8 Å². The molecule has 0 fully saturated rings. The number of hydrogen-bond acceptors (Lipinski definition) is 5. The van der Waals surface area contributed by atoms with E-state index in [0.29, 0.717) is 10.8 Å². The number of nitrogens with zero attached hydrogens (tertiary/aromatic N) is 6. The van der Waals surface area contributed by atoms with Gasteiger partial charge in [-0.15, -0.1) is 5.10 Å². The number of aromatic amines is 1. The molecule has 1 aliphatic heterocycles. The summed E-state index contributed by atoms with van der Waals surface area (Å²) in [6.45, 7) is 3.93. The largest absolute Gasteiger partial charge is 0.465 e. The van der Waals surface area contributed by atoms with E-state index >= 15 is 0 Å². The Kier molecular flexibility index (Phi) is 6.26. The number of nitrogens with one attached hydrogen (secondary N) is 1. The molecule has 1 atom stereocenters. The van der Waals surface area contributed by atoms with Crippen LogP contribution >= 0.6 is 11.6 Å². The van der Waals surface area contributed by atoms with Crippen molar-refractivity contribution in [1.29, 1.82) is 0 Å². The van der Waals surface area contributed by atoms with Crippen LogP contribution in [0.1, 0.15) is 35.2 Å². The van der Waals surface area contributed by atoms with Gasteiger partial charge in [0.2, 0.25) is 0 Å². The van der Waals surface area contributed by atoms with Crippen molar-refractivity contribution < 1.29 is 9.90 Å². The summed E-state index contributed by atoms with van der Waals surface area (Å²) in [7, 11) is 1.50. The van der Waals surface area contributed by atoms with Crippen LogP contribution in [0.5, 0.6) is 0 Å². The predicted octanol–water partition coefficient (Wildman–Crippen LogP) is 5.41. The highest BCUT2D eigenvalue weighted by Gasteiger charge is 2.29. The Balaban J connectivity index is 1.35. The van der Waals surface area contributed by atoms with Gasteiger partial charge in [-0.05, 0) is 68.1 Å². The van der Waals surface area contributed by atoms with Crippen LogP contribution in [0.2, 0.25) is 5.15 Å². The molecule has 1 aliphatic rings. The number of anilines is 1. The van der Waals surface area contributed by atoms with Crippen molar-refractivity contribution in [2.24, 2.45) is 0 Å². The van der Waals surface area contributed by atoms with Gasteiger partial charge in [-0.25, -0.2) is 14.5 Å². The smallest absolute Gasteiger partial charge is 0.411 e. The lowest BCUT2D eigenvalue weighted by Gasteiger charge is -2.15. The third-order valence-corrected chi connectivity index (χ3v) is 7.53. The number of aromatic nitrogens is 6. The number of benzene rings is 2. The van der Waals surface area contributed by atoms with E-state index in [1.54, 1.807) is 29.1 Å². The number of pyridine rings is 1. The summed E-state index contributed by atoms with van der Waals surface area (Å²) in [6.07, 6.45) is 2.09. The summed E-state index contributed by atoms with van der Waals surface area (Å²) in [4.78, 5) is 34.2. The lowest BCUT2D eigenvalue weighted by Crippen LogP contribution is -2.24. The zero-order chi connectivity index (χ0) is 28.1. The van der Waals surface area contributed by atoms with Gasteiger partial charge in [-0.1, -0.05) is 40.6 Å². The average Bonchev–Trinajstić information content (AvgIpc) is 3.66. The van der Waals surface area contributed by atoms with Gasteiger partial charge in [0, 0.05) is 30.1 Å². The summed E-state index contributed by atoms with van der Waals surface area (Å²) in [5.74, 6) is 0.723. The number of carboxylic acid groups (broad SMARTS) is 1. The minimum absolute atomic E-state index is 0.101. The van der Waals surface area contributed by atoms with Crippen molar-refractivity contribution in [1.82, 2.24) is 29.5 Å². The lowest BCUT2D eigenvalue weighted by molar-refractivity contribution is 0.203. The molecule has 6 rings (SSSR count). The van der Waals surface area contributed by atoms with Crippen LogP contribution in [0.3, 0.4) is 0 Å². The Labute approximate surface area is 234 Å². The van der Waals surface area contributed by atoms with Crippen LogP contribution in [0.4, 0.5) is 10.5 Å². The number of H-pyrrole nitrogens is 1. The van der Waals surface area contributed by atoms with Crippen molar-refractivity contribution in [3.63, 3.8) is 0 Å². The van der Waals surface area contributed by atoms with Gasteiger partial charge in [-0.2, -0.15) is 0 Å².